The molecule has 0 spiro atoms. The van der Waals surface area contributed by atoms with Crippen LogP contribution in [-0.4, -0.2) is 33.8 Å². The molecule has 0 unspecified atom stereocenters. The number of halogens is 3. The molecule has 0 aliphatic heterocycles. The van der Waals surface area contributed by atoms with E-state index in [1.807, 2.05) is 13.8 Å². The van der Waals surface area contributed by atoms with Gasteiger partial charge in [-0.2, -0.15) is 23.0 Å². The fraction of sp³-hybridized carbons (Fsp3) is 0.333. The van der Waals surface area contributed by atoms with Crippen LogP contribution in [-0.2, 0) is 6.18 Å². The Kier molecular flexibility index (Phi) is 5.35. The van der Waals surface area contributed by atoms with Crippen LogP contribution >= 0.6 is 11.8 Å². The van der Waals surface area contributed by atoms with Crippen molar-refractivity contribution in [1.82, 2.24) is 14.7 Å². The van der Waals surface area contributed by atoms with E-state index in [1.165, 1.54) is 30.5 Å². The Morgan fingerprint density at radius 1 is 1.22 bits per heavy atom. The van der Waals surface area contributed by atoms with Crippen LogP contribution in [0.3, 0.4) is 0 Å². The van der Waals surface area contributed by atoms with E-state index in [9.17, 15) is 18.0 Å². The fourth-order valence-electron chi connectivity index (χ4n) is 2.01. The largest absolute Gasteiger partial charge is 0.417 e. The molecule has 0 atom stereocenters. The number of rotatable bonds is 4. The van der Waals surface area contributed by atoms with Gasteiger partial charge in [-0.15, -0.1) is 0 Å². The first-order valence-corrected chi connectivity index (χ1v) is 7.87. The van der Waals surface area contributed by atoms with Crippen LogP contribution in [0.15, 0.2) is 46.5 Å². The molecule has 124 valence electrons. The number of benzene rings is 1. The zero-order valence-electron chi connectivity index (χ0n) is 12.7. The average molecular weight is 343 g/mol. The van der Waals surface area contributed by atoms with E-state index in [4.69, 9.17) is 0 Å². The third-order valence-corrected chi connectivity index (χ3v) is 4.20. The summed E-state index contributed by atoms with van der Waals surface area (Å²) in [5.74, 6) is 0. The van der Waals surface area contributed by atoms with Crippen molar-refractivity contribution in [2.45, 2.75) is 29.9 Å². The molecular weight excluding hydrogens is 327 g/mol. The highest BCUT2D eigenvalue weighted by Gasteiger charge is 2.33. The molecule has 8 heteroatoms. The van der Waals surface area contributed by atoms with Crippen LogP contribution in [0, 0.1) is 0 Å². The Morgan fingerprint density at radius 2 is 1.87 bits per heavy atom. The quantitative estimate of drug-likeness (QED) is 0.828. The van der Waals surface area contributed by atoms with Gasteiger partial charge >= 0.3 is 12.2 Å². The Labute approximate surface area is 136 Å². The van der Waals surface area contributed by atoms with Crippen LogP contribution in [0.5, 0.6) is 0 Å². The first kappa shape index (κ1) is 17.4. The summed E-state index contributed by atoms with van der Waals surface area (Å²) in [5.41, 5.74) is -0.713. The summed E-state index contributed by atoms with van der Waals surface area (Å²) in [5, 5.41) is 4.40. The summed E-state index contributed by atoms with van der Waals surface area (Å²) < 4.78 is 40.1. The number of hydrogen-bond acceptors (Lipinski definition) is 3. The highest BCUT2D eigenvalue weighted by atomic mass is 32.2. The lowest BCUT2D eigenvalue weighted by Gasteiger charge is -2.17. The minimum atomic E-state index is -4.43. The van der Waals surface area contributed by atoms with Crippen molar-refractivity contribution in [1.29, 1.82) is 0 Å². The molecule has 4 nitrogen and oxygen atoms in total. The monoisotopic (exact) mass is 343 g/mol. The second-order valence-corrected chi connectivity index (χ2v) is 5.71. The van der Waals surface area contributed by atoms with Crippen molar-refractivity contribution < 1.29 is 18.0 Å². The van der Waals surface area contributed by atoms with Gasteiger partial charge in [-0.3, -0.25) is 0 Å². The van der Waals surface area contributed by atoms with Crippen molar-refractivity contribution in [3.8, 4) is 0 Å². The fourth-order valence-corrected chi connectivity index (χ4v) is 2.93. The zero-order valence-corrected chi connectivity index (χ0v) is 13.5. The molecule has 2 aromatic rings. The second-order valence-electron chi connectivity index (χ2n) is 4.65. The number of nitrogens with zero attached hydrogens (tertiary/aromatic N) is 3. The van der Waals surface area contributed by atoms with Gasteiger partial charge in [-0.1, -0.05) is 23.9 Å². The molecule has 0 saturated carbocycles. The smallest absolute Gasteiger partial charge is 0.323 e. The molecule has 23 heavy (non-hydrogen) atoms. The van der Waals surface area contributed by atoms with Gasteiger partial charge in [0.15, 0.2) is 0 Å². The van der Waals surface area contributed by atoms with E-state index in [2.05, 4.69) is 5.10 Å². The Hall–Kier alpha value is -1.96. The van der Waals surface area contributed by atoms with Crippen molar-refractivity contribution in [3.05, 3.63) is 42.1 Å². The number of aromatic nitrogens is 2. The molecule has 0 fully saturated rings. The molecule has 1 aromatic carbocycles. The summed E-state index contributed by atoms with van der Waals surface area (Å²) in [6, 6.07) is 6.52. The van der Waals surface area contributed by atoms with Gasteiger partial charge < -0.3 is 4.90 Å². The molecule has 0 N–H and O–H groups in total. The van der Waals surface area contributed by atoms with Crippen LogP contribution < -0.4 is 0 Å². The molecule has 2 rings (SSSR count). The Bertz CT molecular complexity index is 681. The number of carbonyl (C=O) groups is 1. The SMILES string of the molecule is CCN(CC)C(=O)n1ccc(Sc2ccccc2C(F)(F)F)n1. The van der Waals surface area contributed by atoms with E-state index in [0.717, 1.165) is 22.5 Å². The second kappa shape index (κ2) is 7.08. The van der Waals surface area contributed by atoms with Crippen LogP contribution in [0.1, 0.15) is 19.4 Å². The van der Waals surface area contributed by atoms with E-state index in [0.29, 0.717) is 18.1 Å². The number of alkyl halides is 3. The molecule has 0 aliphatic rings. The maximum atomic E-state index is 13.0. The normalized spacial score (nSPS) is 11.5. The standard InChI is InChI=1S/C15H16F3N3OS/c1-3-20(4-2)14(22)21-10-9-13(19-21)23-12-8-6-5-7-11(12)15(16,17)18/h5-10H,3-4H2,1-2H3. The lowest BCUT2D eigenvalue weighted by atomic mass is 10.2. The first-order valence-electron chi connectivity index (χ1n) is 7.05. The molecule has 0 bridgehead atoms. The summed E-state index contributed by atoms with van der Waals surface area (Å²) in [6.45, 7) is 4.77. The van der Waals surface area contributed by atoms with Crippen LogP contribution in [0.4, 0.5) is 18.0 Å². The third kappa shape index (κ3) is 4.07. The number of carbonyl (C=O) groups excluding carboxylic acids is 1. The summed E-state index contributed by atoms with van der Waals surface area (Å²) in [6.07, 6.45) is -2.97. The highest BCUT2D eigenvalue weighted by molar-refractivity contribution is 7.99. The van der Waals surface area contributed by atoms with Gasteiger partial charge in [0.05, 0.1) is 5.56 Å². The Morgan fingerprint density at radius 3 is 2.48 bits per heavy atom. The van der Waals surface area contributed by atoms with Gasteiger partial charge in [0, 0.05) is 24.2 Å². The predicted molar refractivity (Wildman–Crippen MR) is 81.5 cm³/mol. The first-order chi connectivity index (χ1) is 10.9. The summed E-state index contributed by atoms with van der Waals surface area (Å²) in [4.78, 5) is 13.8. The van der Waals surface area contributed by atoms with Crippen LogP contribution in [0.2, 0.25) is 0 Å². The maximum absolute atomic E-state index is 13.0. The molecule has 0 saturated heterocycles. The summed E-state index contributed by atoms with van der Waals surface area (Å²) in [7, 11) is 0. The van der Waals surface area contributed by atoms with E-state index in [1.54, 1.807) is 4.90 Å². The minimum absolute atomic E-state index is 0.0561. The van der Waals surface area contributed by atoms with Gasteiger partial charge in [0.2, 0.25) is 0 Å². The van der Waals surface area contributed by atoms with E-state index >= 15 is 0 Å². The lowest BCUT2D eigenvalue weighted by Crippen LogP contribution is -2.34. The Balaban J connectivity index is 2.22. The van der Waals surface area contributed by atoms with Gasteiger partial charge in [-0.25, -0.2) is 4.79 Å². The maximum Gasteiger partial charge on any atom is 0.417 e. The molecule has 0 radical (unpaired) electrons. The van der Waals surface area contributed by atoms with Crippen molar-refractivity contribution in [3.63, 3.8) is 0 Å². The highest BCUT2D eigenvalue weighted by Crippen LogP contribution is 2.38. The molecule has 1 amide bonds. The van der Waals surface area contributed by atoms with Gasteiger partial charge in [0.1, 0.15) is 5.03 Å². The van der Waals surface area contributed by atoms with Crippen molar-refractivity contribution in [2.75, 3.05) is 13.1 Å². The summed E-state index contributed by atoms with van der Waals surface area (Å²) >= 11 is 0.884. The van der Waals surface area contributed by atoms with E-state index < -0.39 is 11.7 Å². The molecule has 1 heterocycles. The molecule has 1 aromatic heterocycles. The lowest BCUT2D eigenvalue weighted by molar-refractivity contribution is -0.139. The van der Waals surface area contributed by atoms with Crippen LogP contribution in [0.25, 0.3) is 0 Å². The third-order valence-electron chi connectivity index (χ3n) is 3.20. The molecule has 0 aliphatic carbocycles. The van der Waals surface area contributed by atoms with Gasteiger partial charge in [0.25, 0.3) is 0 Å². The van der Waals surface area contributed by atoms with Crippen molar-refractivity contribution >= 4 is 17.8 Å². The zero-order chi connectivity index (χ0) is 17.0. The topological polar surface area (TPSA) is 38.1 Å². The molecular formula is C15H16F3N3OS. The van der Waals surface area contributed by atoms with Crippen molar-refractivity contribution in [2.24, 2.45) is 0 Å². The number of hydrogen-bond donors (Lipinski definition) is 0. The minimum Gasteiger partial charge on any atom is -0.323 e. The van der Waals surface area contributed by atoms with Gasteiger partial charge in [-0.05, 0) is 32.0 Å². The van der Waals surface area contributed by atoms with E-state index in [-0.39, 0.29) is 10.9 Å². The average Bonchev–Trinajstić information content (AvgIpc) is 2.96. The number of amides is 1. The predicted octanol–water partition coefficient (Wildman–Crippen LogP) is 4.36.